The number of aliphatic hydroxyl groups excluding tert-OH is 1. The lowest BCUT2D eigenvalue weighted by molar-refractivity contribution is -0.120. The normalized spacial score (nSPS) is 13.5. The molecule has 0 spiro atoms. The zero-order chi connectivity index (χ0) is 25.6. The molecule has 3 rings (SSSR count). The molecule has 2 aromatic carbocycles. The van der Waals surface area contributed by atoms with Crippen LogP contribution in [0.5, 0.6) is 0 Å². The molecule has 1 amide bonds. The van der Waals surface area contributed by atoms with Gasteiger partial charge in [0.2, 0.25) is 5.91 Å². The molecule has 1 aromatic heterocycles. The monoisotopic (exact) mass is 484 g/mol. The van der Waals surface area contributed by atoms with Gasteiger partial charge in [0, 0.05) is 38.5 Å². The summed E-state index contributed by atoms with van der Waals surface area (Å²) in [5, 5.41) is 16.8. The number of amides is 1. The summed E-state index contributed by atoms with van der Waals surface area (Å²) in [6.45, 7) is 8.57. The molecule has 0 bridgehead atoms. The van der Waals surface area contributed by atoms with Crippen molar-refractivity contribution in [3.05, 3.63) is 83.4 Å². The quantitative estimate of drug-likeness (QED) is 0.407. The minimum Gasteiger partial charge on any atom is -0.390 e. The van der Waals surface area contributed by atoms with Gasteiger partial charge in [-0.05, 0) is 53.1 Å². The summed E-state index contributed by atoms with van der Waals surface area (Å²) in [5.41, 5.74) is 3.73. The number of benzene rings is 2. The van der Waals surface area contributed by atoms with E-state index in [4.69, 9.17) is 0 Å². The number of nitrogens with one attached hydrogen (secondary N) is 2. The Morgan fingerprint density at radius 2 is 1.83 bits per heavy atom. The second kappa shape index (κ2) is 11.6. The van der Waals surface area contributed by atoms with Crippen molar-refractivity contribution in [2.24, 2.45) is 5.41 Å². The fourth-order valence-electron chi connectivity index (χ4n) is 4.18. The molecule has 0 unspecified atom stereocenters. The predicted octanol–water partition coefficient (Wildman–Crippen LogP) is 3.94. The number of nitrogens with zero attached hydrogens (tertiary/aromatic N) is 2. The first-order valence-electron chi connectivity index (χ1n) is 11.7. The molecule has 6 nitrogen and oxygen atoms in total. The number of imidazole rings is 1. The zero-order valence-corrected chi connectivity index (χ0v) is 20.7. The van der Waals surface area contributed by atoms with Crippen molar-refractivity contribution in [3.8, 4) is 5.69 Å². The van der Waals surface area contributed by atoms with E-state index < -0.39 is 23.8 Å². The predicted molar refractivity (Wildman–Crippen MR) is 132 cm³/mol. The van der Waals surface area contributed by atoms with Gasteiger partial charge in [-0.3, -0.25) is 4.79 Å². The number of halogens is 2. The Kier molecular flexibility index (Phi) is 8.75. The lowest BCUT2D eigenvalue weighted by atomic mass is 9.87. The van der Waals surface area contributed by atoms with Gasteiger partial charge in [-0.2, -0.15) is 0 Å². The van der Waals surface area contributed by atoms with Crippen LogP contribution in [0.2, 0.25) is 0 Å². The van der Waals surface area contributed by atoms with Crippen molar-refractivity contribution in [1.29, 1.82) is 0 Å². The Labute approximate surface area is 205 Å². The SMILES string of the molecule is CC(=O)N[C@@H](Cc1cc(F)cc(F)c1)[C@@H](O)CNCc1cc(CC(C)(C)C)ccc1-n1ccnc1. The van der Waals surface area contributed by atoms with E-state index in [1.165, 1.54) is 24.6 Å². The fraction of sp³-hybridized carbons (Fsp3) is 0.407. The van der Waals surface area contributed by atoms with Gasteiger partial charge in [0.25, 0.3) is 0 Å². The van der Waals surface area contributed by atoms with Crippen LogP contribution in [0.4, 0.5) is 8.78 Å². The number of carbonyl (C=O) groups excluding carboxylic acids is 1. The Balaban J connectivity index is 1.72. The van der Waals surface area contributed by atoms with Crippen LogP contribution >= 0.6 is 0 Å². The first-order valence-corrected chi connectivity index (χ1v) is 11.7. The van der Waals surface area contributed by atoms with Crippen LogP contribution in [0.25, 0.3) is 5.69 Å². The van der Waals surface area contributed by atoms with E-state index in [1.54, 1.807) is 12.5 Å². The Morgan fingerprint density at radius 1 is 1.11 bits per heavy atom. The van der Waals surface area contributed by atoms with Crippen molar-refractivity contribution in [1.82, 2.24) is 20.2 Å². The van der Waals surface area contributed by atoms with Crippen molar-refractivity contribution >= 4 is 5.91 Å². The Morgan fingerprint density at radius 3 is 2.43 bits per heavy atom. The van der Waals surface area contributed by atoms with Gasteiger partial charge < -0.3 is 20.3 Å². The molecule has 0 fully saturated rings. The molecule has 188 valence electrons. The summed E-state index contributed by atoms with van der Waals surface area (Å²) >= 11 is 0. The Bertz CT molecular complexity index is 1110. The second-order valence-electron chi connectivity index (χ2n) is 10.2. The smallest absolute Gasteiger partial charge is 0.217 e. The highest BCUT2D eigenvalue weighted by Crippen LogP contribution is 2.24. The van der Waals surface area contributed by atoms with Gasteiger partial charge in [-0.25, -0.2) is 13.8 Å². The molecule has 0 radical (unpaired) electrons. The molecule has 3 aromatic rings. The van der Waals surface area contributed by atoms with Crippen molar-refractivity contribution in [3.63, 3.8) is 0 Å². The van der Waals surface area contributed by atoms with E-state index in [1.807, 2.05) is 10.8 Å². The molecule has 1 heterocycles. The summed E-state index contributed by atoms with van der Waals surface area (Å²) in [5.74, 6) is -1.73. The van der Waals surface area contributed by atoms with Gasteiger partial charge >= 0.3 is 0 Å². The number of hydrogen-bond donors (Lipinski definition) is 3. The van der Waals surface area contributed by atoms with E-state index in [9.17, 15) is 18.7 Å². The van der Waals surface area contributed by atoms with E-state index >= 15 is 0 Å². The number of carbonyl (C=O) groups is 1. The molecule has 0 aliphatic carbocycles. The molecule has 35 heavy (non-hydrogen) atoms. The maximum atomic E-state index is 13.6. The molecular weight excluding hydrogens is 450 g/mol. The van der Waals surface area contributed by atoms with Crippen LogP contribution in [-0.4, -0.2) is 39.3 Å². The van der Waals surface area contributed by atoms with Gasteiger partial charge in [-0.15, -0.1) is 0 Å². The van der Waals surface area contributed by atoms with Gasteiger partial charge in [0.05, 0.1) is 24.2 Å². The van der Waals surface area contributed by atoms with E-state index in [2.05, 4.69) is 54.6 Å². The van der Waals surface area contributed by atoms with E-state index in [-0.39, 0.29) is 24.3 Å². The molecule has 3 N–H and O–H groups in total. The summed E-state index contributed by atoms with van der Waals surface area (Å²) in [4.78, 5) is 15.8. The van der Waals surface area contributed by atoms with Crippen LogP contribution < -0.4 is 10.6 Å². The summed E-state index contributed by atoms with van der Waals surface area (Å²) in [6.07, 6.45) is 5.38. The average Bonchev–Trinajstić information content (AvgIpc) is 3.26. The number of aliphatic hydroxyl groups is 1. The molecular formula is C27H34F2N4O2. The third kappa shape index (κ3) is 8.26. The van der Waals surface area contributed by atoms with E-state index in [0.29, 0.717) is 12.1 Å². The average molecular weight is 485 g/mol. The summed E-state index contributed by atoms with van der Waals surface area (Å²) < 4.78 is 29.2. The zero-order valence-electron chi connectivity index (χ0n) is 20.7. The topological polar surface area (TPSA) is 79.2 Å². The van der Waals surface area contributed by atoms with Crippen LogP contribution in [-0.2, 0) is 24.2 Å². The van der Waals surface area contributed by atoms with Crippen LogP contribution in [0.15, 0.2) is 55.1 Å². The van der Waals surface area contributed by atoms with Crippen LogP contribution in [0.3, 0.4) is 0 Å². The van der Waals surface area contributed by atoms with Crippen LogP contribution in [0.1, 0.15) is 44.4 Å². The summed E-state index contributed by atoms with van der Waals surface area (Å²) in [6, 6.07) is 8.83. The molecule has 0 saturated heterocycles. The largest absolute Gasteiger partial charge is 0.390 e. The van der Waals surface area contributed by atoms with Crippen LogP contribution in [0, 0.1) is 17.0 Å². The number of aromatic nitrogens is 2. The third-order valence-electron chi connectivity index (χ3n) is 5.56. The molecule has 0 aliphatic rings. The highest BCUT2D eigenvalue weighted by atomic mass is 19.1. The third-order valence-corrected chi connectivity index (χ3v) is 5.56. The minimum atomic E-state index is -0.973. The minimum absolute atomic E-state index is 0.0957. The molecule has 0 saturated carbocycles. The van der Waals surface area contributed by atoms with E-state index in [0.717, 1.165) is 23.7 Å². The highest BCUT2D eigenvalue weighted by Gasteiger charge is 2.21. The van der Waals surface area contributed by atoms with Crippen molar-refractivity contribution < 1.29 is 18.7 Å². The first kappa shape index (κ1) is 26.5. The van der Waals surface area contributed by atoms with Crippen molar-refractivity contribution in [2.45, 2.75) is 59.2 Å². The maximum absolute atomic E-state index is 13.6. The van der Waals surface area contributed by atoms with Gasteiger partial charge in [0.1, 0.15) is 11.6 Å². The molecule has 8 heteroatoms. The van der Waals surface area contributed by atoms with Gasteiger partial charge in [-0.1, -0.05) is 32.9 Å². The standard InChI is InChI=1S/C27H34F2N4O2/c1-18(34)32-24(12-20-10-22(28)13-23(29)11-20)26(35)16-31-15-21-9-19(14-27(2,3)4)5-6-25(21)33-8-7-30-17-33/h5-11,13,17,24,26,31,35H,12,14-16H2,1-4H3,(H,32,34)/t24-,26-/m0/s1. The number of hydrogen-bond acceptors (Lipinski definition) is 4. The summed E-state index contributed by atoms with van der Waals surface area (Å²) in [7, 11) is 0. The highest BCUT2D eigenvalue weighted by molar-refractivity contribution is 5.73. The Hall–Kier alpha value is -3.10. The number of rotatable bonds is 10. The lowest BCUT2D eigenvalue weighted by Gasteiger charge is -2.25. The first-order chi connectivity index (χ1) is 16.5. The van der Waals surface area contributed by atoms with Gasteiger partial charge in [0.15, 0.2) is 0 Å². The lowest BCUT2D eigenvalue weighted by Crippen LogP contribution is -2.48. The maximum Gasteiger partial charge on any atom is 0.217 e. The molecule has 2 atom stereocenters. The fourth-order valence-corrected chi connectivity index (χ4v) is 4.18. The molecule has 0 aliphatic heterocycles. The second-order valence-corrected chi connectivity index (χ2v) is 10.2. The van der Waals surface area contributed by atoms with Crippen molar-refractivity contribution in [2.75, 3.05) is 6.54 Å².